The SMILES string of the molecule is CC(C)C(O)CNc1cc2c(cc1[N+](=O)[O-])CC(=O)N2. The number of rotatable bonds is 5. The third-order valence-electron chi connectivity index (χ3n) is 3.31. The smallest absolute Gasteiger partial charge is 0.292 e. The number of benzene rings is 1. The van der Waals surface area contributed by atoms with E-state index in [1.54, 1.807) is 6.07 Å². The van der Waals surface area contributed by atoms with Gasteiger partial charge >= 0.3 is 0 Å². The first-order valence-corrected chi connectivity index (χ1v) is 6.41. The molecule has 0 bridgehead atoms. The van der Waals surface area contributed by atoms with Crippen molar-refractivity contribution in [2.75, 3.05) is 17.2 Å². The van der Waals surface area contributed by atoms with Gasteiger partial charge in [-0.2, -0.15) is 0 Å². The fourth-order valence-electron chi connectivity index (χ4n) is 2.00. The summed E-state index contributed by atoms with van der Waals surface area (Å²) >= 11 is 0. The van der Waals surface area contributed by atoms with E-state index in [0.717, 1.165) is 0 Å². The molecule has 2 rings (SSSR count). The highest BCUT2D eigenvalue weighted by Gasteiger charge is 2.24. The van der Waals surface area contributed by atoms with Crippen LogP contribution in [-0.2, 0) is 11.2 Å². The van der Waals surface area contributed by atoms with Crippen molar-refractivity contribution >= 4 is 23.0 Å². The van der Waals surface area contributed by atoms with Crippen LogP contribution >= 0.6 is 0 Å². The third-order valence-corrected chi connectivity index (χ3v) is 3.31. The summed E-state index contributed by atoms with van der Waals surface area (Å²) in [4.78, 5) is 21.9. The lowest BCUT2D eigenvalue weighted by molar-refractivity contribution is -0.384. The van der Waals surface area contributed by atoms with Crippen LogP contribution in [0, 0.1) is 16.0 Å². The van der Waals surface area contributed by atoms with Gasteiger partial charge in [0.15, 0.2) is 0 Å². The molecule has 0 fully saturated rings. The van der Waals surface area contributed by atoms with Gasteiger partial charge in [-0.1, -0.05) is 13.8 Å². The first-order chi connectivity index (χ1) is 9.38. The lowest BCUT2D eigenvalue weighted by Gasteiger charge is -2.16. The summed E-state index contributed by atoms with van der Waals surface area (Å²) in [6.45, 7) is 3.94. The zero-order valence-electron chi connectivity index (χ0n) is 11.3. The molecule has 7 nitrogen and oxygen atoms in total. The van der Waals surface area contributed by atoms with Gasteiger partial charge < -0.3 is 15.7 Å². The average molecular weight is 279 g/mol. The number of anilines is 2. The Balaban J connectivity index is 2.25. The van der Waals surface area contributed by atoms with Crippen LogP contribution in [0.5, 0.6) is 0 Å². The second-order valence-electron chi connectivity index (χ2n) is 5.20. The van der Waals surface area contributed by atoms with E-state index >= 15 is 0 Å². The summed E-state index contributed by atoms with van der Waals surface area (Å²) in [5, 5.41) is 26.4. The number of nitrogens with one attached hydrogen (secondary N) is 2. The van der Waals surface area contributed by atoms with E-state index in [9.17, 15) is 20.0 Å². The lowest BCUT2D eigenvalue weighted by Crippen LogP contribution is -2.25. The molecule has 0 aliphatic carbocycles. The summed E-state index contributed by atoms with van der Waals surface area (Å²) in [5.41, 5.74) is 1.42. The first-order valence-electron chi connectivity index (χ1n) is 6.41. The molecule has 1 atom stereocenters. The van der Waals surface area contributed by atoms with Crippen molar-refractivity contribution in [2.45, 2.75) is 26.4 Å². The lowest BCUT2D eigenvalue weighted by atomic mass is 10.1. The molecule has 1 aliphatic heterocycles. The number of nitro benzene ring substituents is 1. The Morgan fingerprint density at radius 2 is 2.20 bits per heavy atom. The quantitative estimate of drug-likeness (QED) is 0.560. The molecular formula is C13H17N3O4. The fraction of sp³-hybridized carbons (Fsp3) is 0.462. The van der Waals surface area contributed by atoms with E-state index in [-0.39, 0.29) is 30.5 Å². The molecule has 1 aromatic rings. The predicted octanol–water partition coefficient (Wildman–Crippen LogP) is 1.52. The Hall–Kier alpha value is -2.15. The molecule has 108 valence electrons. The number of amides is 1. The summed E-state index contributed by atoms with van der Waals surface area (Å²) in [6.07, 6.45) is -0.442. The minimum absolute atomic E-state index is 0.0516. The van der Waals surface area contributed by atoms with Crippen molar-refractivity contribution in [3.63, 3.8) is 0 Å². The molecule has 7 heteroatoms. The van der Waals surface area contributed by atoms with E-state index in [2.05, 4.69) is 10.6 Å². The minimum atomic E-state index is -0.600. The largest absolute Gasteiger partial charge is 0.391 e. The molecule has 20 heavy (non-hydrogen) atoms. The maximum Gasteiger partial charge on any atom is 0.292 e. The van der Waals surface area contributed by atoms with E-state index < -0.39 is 11.0 Å². The third kappa shape index (κ3) is 2.88. The van der Waals surface area contributed by atoms with Crippen LogP contribution in [0.15, 0.2) is 12.1 Å². The number of nitrogens with zero attached hydrogens (tertiary/aromatic N) is 1. The highest BCUT2D eigenvalue weighted by Crippen LogP contribution is 2.34. The summed E-state index contributed by atoms with van der Waals surface area (Å²) in [5.74, 6) is -0.121. The Morgan fingerprint density at radius 3 is 2.80 bits per heavy atom. The van der Waals surface area contributed by atoms with Crippen molar-refractivity contribution in [3.05, 3.63) is 27.8 Å². The van der Waals surface area contributed by atoms with Gasteiger partial charge in [-0.3, -0.25) is 14.9 Å². The summed E-state index contributed by atoms with van der Waals surface area (Å²) in [6, 6.07) is 2.95. The number of aliphatic hydroxyl groups excluding tert-OH is 1. The molecule has 1 amide bonds. The molecule has 1 aliphatic rings. The van der Waals surface area contributed by atoms with Crippen molar-refractivity contribution in [1.82, 2.24) is 0 Å². The number of nitro groups is 1. The monoisotopic (exact) mass is 279 g/mol. The van der Waals surface area contributed by atoms with Crippen molar-refractivity contribution < 1.29 is 14.8 Å². The van der Waals surface area contributed by atoms with Gasteiger partial charge in [-0.15, -0.1) is 0 Å². The van der Waals surface area contributed by atoms with E-state index in [4.69, 9.17) is 0 Å². The van der Waals surface area contributed by atoms with Gasteiger partial charge in [0.25, 0.3) is 5.69 Å². The second-order valence-corrected chi connectivity index (χ2v) is 5.20. The summed E-state index contributed by atoms with van der Waals surface area (Å²) < 4.78 is 0. The van der Waals surface area contributed by atoms with Crippen LogP contribution in [0.2, 0.25) is 0 Å². The highest BCUT2D eigenvalue weighted by atomic mass is 16.6. The van der Waals surface area contributed by atoms with Crippen LogP contribution in [0.25, 0.3) is 0 Å². The Bertz CT molecular complexity index is 557. The maximum absolute atomic E-state index is 11.3. The molecule has 0 aromatic heterocycles. The Labute approximate surface area is 116 Å². The van der Waals surface area contributed by atoms with Gasteiger partial charge in [0.1, 0.15) is 5.69 Å². The molecule has 3 N–H and O–H groups in total. The molecule has 1 aromatic carbocycles. The van der Waals surface area contributed by atoms with Crippen molar-refractivity contribution in [3.8, 4) is 0 Å². The summed E-state index contributed by atoms with van der Waals surface area (Å²) in [7, 11) is 0. The van der Waals surface area contributed by atoms with Crippen LogP contribution in [0.4, 0.5) is 17.1 Å². The van der Waals surface area contributed by atoms with Crippen LogP contribution < -0.4 is 10.6 Å². The number of carbonyl (C=O) groups excluding carboxylic acids is 1. The number of carbonyl (C=O) groups is 1. The number of hydrogen-bond donors (Lipinski definition) is 3. The first kappa shape index (κ1) is 14.3. The Kier molecular flexibility index (Phi) is 3.89. The highest BCUT2D eigenvalue weighted by molar-refractivity contribution is 6.00. The van der Waals surface area contributed by atoms with Gasteiger partial charge in [0.05, 0.1) is 17.4 Å². The van der Waals surface area contributed by atoms with Gasteiger partial charge in [0, 0.05) is 18.3 Å². The Morgan fingerprint density at radius 1 is 1.50 bits per heavy atom. The van der Waals surface area contributed by atoms with Crippen molar-refractivity contribution in [1.29, 1.82) is 0 Å². The molecule has 1 unspecified atom stereocenters. The number of hydrogen-bond acceptors (Lipinski definition) is 5. The number of fused-ring (bicyclic) bond motifs is 1. The molecule has 0 saturated carbocycles. The molecule has 1 heterocycles. The zero-order valence-corrected chi connectivity index (χ0v) is 11.3. The normalized spacial score (nSPS) is 14.9. The molecule has 0 radical (unpaired) electrons. The number of aliphatic hydroxyl groups is 1. The average Bonchev–Trinajstić information content (AvgIpc) is 2.73. The standard InChI is InChI=1S/C13H17N3O4/c1-7(2)12(17)6-14-10-5-9-8(4-13(18)15-9)3-11(10)16(19)20/h3,5,7,12,14,17H,4,6H2,1-2H3,(H,15,18). The molecule has 0 saturated heterocycles. The zero-order chi connectivity index (χ0) is 14.9. The van der Waals surface area contributed by atoms with E-state index in [1.807, 2.05) is 13.8 Å². The fourth-order valence-corrected chi connectivity index (χ4v) is 2.00. The van der Waals surface area contributed by atoms with Crippen molar-refractivity contribution in [2.24, 2.45) is 5.92 Å². The van der Waals surface area contributed by atoms with Crippen LogP contribution in [0.3, 0.4) is 0 Å². The van der Waals surface area contributed by atoms with E-state index in [1.165, 1.54) is 6.07 Å². The van der Waals surface area contributed by atoms with Gasteiger partial charge in [-0.25, -0.2) is 0 Å². The van der Waals surface area contributed by atoms with Gasteiger partial charge in [0.2, 0.25) is 5.91 Å². The predicted molar refractivity (Wildman–Crippen MR) is 74.8 cm³/mol. The molecular weight excluding hydrogens is 262 g/mol. The topological polar surface area (TPSA) is 104 Å². The molecule has 0 spiro atoms. The van der Waals surface area contributed by atoms with Gasteiger partial charge in [-0.05, 0) is 17.5 Å². The van der Waals surface area contributed by atoms with Crippen LogP contribution in [0.1, 0.15) is 19.4 Å². The maximum atomic E-state index is 11.3. The van der Waals surface area contributed by atoms with Crippen LogP contribution in [-0.4, -0.2) is 28.6 Å². The van der Waals surface area contributed by atoms with E-state index in [0.29, 0.717) is 16.9 Å². The second kappa shape index (κ2) is 5.46. The minimum Gasteiger partial charge on any atom is -0.391 e.